The maximum Gasteiger partial charge on any atom is 0.328 e. The molecule has 2 aromatic rings. The van der Waals surface area contributed by atoms with Crippen molar-refractivity contribution in [2.24, 2.45) is 0 Å². The average Bonchev–Trinajstić information content (AvgIpc) is 2.89. The van der Waals surface area contributed by atoms with E-state index in [0.29, 0.717) is 18.1 Å². The van der Waals surface area contributed by atoms with E-state index in [1.165, 1.54) is 21.6 Å². The topological polar surface area (TPSA) is 102 Å². The van der Waals surface area contributed by atoms with Crippen molar-refractivity contribution in [3.05, 3.63) is 76.9 Å². The molecule has 0 aromatic heterocycles. The predicted molar refractivity (Wildman–Crippen MR) is 121 cm³/mol. The summed E-state index contributed by atoms with van der Waals surface area (Å²) in [5, 5.41) is 24.9. The Morgan fingerprint density at radius 3 is 2.42 bits per heavy atom. The molecule has 0 bridgehead atoms. The first-order chi connectivity index (χ1) is 14.8. The van der Waals surface area contributed by atoms with Crippen LogP contribution in [0.4, 0.5) is 0 Å². The second-order valence-electron chi connectivity index (χ2n) is 7.36. The number of fused-ring (bicyclic) bond motifs is 2. The number of benzene rings is 2. The summed E-state index contributed by atoms with van der Waals surface area (Å²) in [6, 6.07) is 17.3. The Kier molecular flexibility index (Phi) is 9.32. The molecule has 1 unspecified atom stereocenters. The zero-order valence-corrected chi connectivity index (χ0v) is 18.4. The van der Waals surface area contributed by atoms with Gasteiger partial charge in [-0.15, -0.1) is 11.8 Å². The third-order valence-electron chi connectivity index (χ3n) is 4.79. The van der Waals surface area contributed by atoms with Crippen LogP contribution in [0.1, 0.15) is 41.0 Å². The lowest BCUT2D eigenvalue weighted by atomic mass is 9.84. The van der Waals surface area contributed by atoms with Gasteiger partial charge in [0.1, 0.15) is 0 Å². The molecular formula is C24H26N2O4S. The fourth-order valence-corrected chi connectivity index (χ4v) is 4.52. The number of thioether (sulfide) groups is 1. The Bertz CT molecular complexity index is 979. The van der Waals surface area contributed by atoms with E-state index in [1.54, 1.807) is 0 Å². The molecule has 0 radical (unpaired) electrons. The lowest BCUT2D eigenvalue weighted by Gasteiger charge is -2.21. The number of carboxylic acid groups (broad SMARTS) is 2. The quantitative estimate of drug-likeness (QED) is 0.647. The number of carbonyl (C=O) groups is 2. The highest BCUT2D eigenvalue weighted by molar-refractivity contribution is 7.98. The van der Waals surface area contributed by atoms with Crippen LogP contribution in [-0.4, -0.2) is 47.7 Å². The minimum Gasteiger partial charge on any atom is -0.478 e. The first-order valence-electron chi connectivity index (χ1n) is 9.85. The number of nitriles is 1. The fraction of sp³-hybridized carbons (Fsp3) is 0.292. The molecule has 162 valence electrons. The van der Waals surface area contributed by atoms with Gasteiger partial charge >= 0.3 is 11.9 Å². The number of carboxylic acids is 2. The molecular weight excluding hydrogens is 412 g/mol. The summed E-state index contributed by atoms with van der Waals surface area (Å²) in [6.07, 6.45) is 3.40. The van der Waals surface area contributed by atoms with Crippen LogP contribution in [0.2, 0.25) is 0 Å². The number of aliphatic carboxylic acids is 2. The summed E-state index contributed by atoms with van der Waals surface area (Å²) in [7, 11) is 4.25. The Morgan fingerprint density at radius 1 is 1.13 bits per heavy atom. The van der Waals surface area contributed by atoms with Crippen LogP contribution in [0.5, 0.6) is 0 Å². The number of hydrogen-bond donors (Lipinski definition) is 2. The molecule has 0 saturated heterocycles. The van der Waals surface area contributed by atoms with Gasteiger partial charge in [-0.3, -0.25) is 0 Å². The van der Waals surface area contributed by atoms with E-state index in [4.69, 9.17) is 10.2 Å². The molecule has 0 saturated carbocycles. The molecule has 6 nitrogen and oxygen atoms in total. The zero-order valence-electron chi connectivity index (χ0n) is 17.6. The summed E-state index contributed by atoms with van der Waals surface area (Å²) in [6.45, 7) is 1.10. The van der Waals surface area contributed by atoms with Crippen LogP contribution in [-0.2, 0) is 15.3 Å². The van der Waals surface area contributed by atoms with Crippen molar-refractivity contribution < 1.29 is 19.8 Å². The standard InChI is InChI=1S/C20H22N2S.C4H4O4/c1-22(2)11-5-8-18-17-7-4-3-6-16(17)14-23-20-10-9-15(13-21)12-19(18)20;5-3(6)1-2-4(7)8/h3-4,6-7,9-10,12,18H,5,8,11,14H2,1-2H3;1-2H,(H,5,6)(H,7,8)/b;2-1-. The van der Waals surface area contributed by atoms with E-state index >= 15 is 0 Å². The Hall–Kier alpha value is -3.08. The van der Waals surface area contributed by atoms with Gasteiger partial charge < -0.3 is 15.1 Å². The normalized spacial score (nSPS) is 14.6. The highest BCUT2D eigenvalue weighted by atomic mass is 32.2. The molecule has 2 aromatic carbocycles. The third kappa shape index (κ3) is 7.59. The van der Waals surface area contributed by atoms with Gasteiger partial charge in [-0.2, -0.15) is 5.26 Å². The molecule has 2 N–H and O–H groups in total. The van der Waals surface area contributed by atoms with Gasteiger partial charge in [0, 0.05) is 28.7 Å². The Labute approximate surface area is 186 Å². The highest BCUT2D eigenvalue weighted by Gasteiger charge is 2.24. The van der Waals surface area contributed by atoms with Gasteiger partial charge in [-0.1, -0.05) is 24.3 Å². The highest BCUT2D eigenvalue weighted by Crippen LogP contribution is 2.42. The van der Waals surface area contributed by atoms with E-state index in [0.717, 1.165) is 30.7 Å². The third-order valence-corrected chi connectivity index (χ3v) is 5.93. The number of rotatable bonds is 6. The fourth-order valence-electron chi connectivity index (χ4n) is 3.42. The average molecular weight is 439 g/mol. The summed E-state index contributed by atoms with van der Waals surface area (Å²) in [5.41, 5.74) is 4.97. The molecule has 31 heavy (non-hydrogen) atoms. The lowest BCUT2D eigenvalue weighted by Crippen LogP contribution is -2.14. The van der Waals surface area contributed by atoms with Crippen molar-refractivity contribution in [3.8, 4) is 6.07 Å². The van der Waals surface area contributed by atoms with Crippen molar-refractivity contribution in [2.45, 2.75) is 29.4 Å². The van der Waals surface area contributed by atoms with Crippen LogP contribution in [0.25, 0.3) is 0 Å². The van der Waals surface area contributed by atoms with Crippen LogP contribution < -0.4 is 0 Å². The number of nitrogens with zero attached hydrogens (tertiary/aromatic N) is 2. The maximum absolute atomic E-state index is 9.55. The SMILES string of the molecule is CN(C)CCCC1c2ccccc2CSc2ccc(C#N)cc21.O=C(O)/C=C\C(=O)O. The predicted octanol–water partition coefficient (Wildman–Crippen LogP) is 4.35. The maximum atomic E-state index is 9.55. The summed E-state index contributed by atoms with van der Waals surface area (Å²) in [5.74, 6) is -1.11. The van der Waals surface area contributed by atoms with E-state index < -0.39 is 11.9 Å². The molecule has 1 aliphatic heterocycles. The van der Waals surface area contributed by atoms with Gasteiger partial charge in [0.25, 0.3) is 0 Å². The molecule has 0 aliphatic carbocycles. The van der Waals surface area contributed by atoms with Crippen LogP contribution in [0, 0.1) is 11.3 Å². The van der Waals surface area contributed by atoms with E-state index in [1.807, 2.05) is 17.8 Å². The monoisotopic (exact) mass is 438 g/mol. The van der Waals surface area contributed by atoms with Crippen LogP contribution in [0.3, 0.4) is 0 Å². The van der Waals surface area contributed by atoms with Crippen molar-refractivity contribution in [3.63, 3.8) is 0 Å². The largest absolute Gasteiger partial charge is 0.478 e. The van der Waals surface area contributed by atoms with Gasteiger partial charge in [0.2, 0.25) is 0 Å². The van der Waals surface area contributed by atoms with Gasteiger partial charge in [0.15, 0.2) is 0 Å². The lowest BCUT2D eigenvalue weighted by molar-refractivity contribution is -0.134. The summed E-state index contributed by atoms with van der Waals surface area (Å²) >= 11 is 1.90. The molecule has 7 heteroatoms. The van der Waals surface area contributed by atoms with Crippen molar-refractivity contribution in [1.82, 2.24) is 4.90 Å². The minimum atomic E-state index is -1.26. The second kappa shape index (κ2) is 11.9. The van der Waals surface area contributed by atoms with Gasteiger partial charge in [-0.25, -0.2) is 9.59 Å². The molecule has 0 amide bonds. The van der Waals surface area contributed by atoms with Crippen LogP contribution in [0.15, 0.2) is 59.5 Å². The molecule has 0 fully saturated rings. The first-order valence-corrected chi connectivity index (χ1v) is 10.8. The minimum absolute atomic E-state index is 0.393. The zero-order chi connectivity index (χ0) is 22.8. The molecule has 1 atom stereocenters. The Balaban J connectivity index is 0.000000366. The van der Waals surface area contributed by atoms with E-state index in [-0.39, 0.29) is 0 Å². The van der Waals surface area contributed by atoms with Gasteiger partial charge in [-0.05, 0) is 68.4 Å². The van der Waals surface area contributed by atoms with Crippen molar-refractivity contribution in [2.75, 3.05) is 20.6 Å². The molecule has 0 spiro atoms. The second-order valence-corrected chi connectivity index (χ2v) is 8.38. The van der Waals surface area contributed by atoms with Crippen LogP contribution >= 0.6 is 11.8 Å². The molecule has 3 rings (SSSR count). The Morgan fingerprint density at radius 2 is 1.81 bits per heavy atom. The van der Waals surface area contributed by atoms with E-state index in [9.17, 15) is 14.9 Å². The molecule has 1 heterocycles. The summed E-state index contributed by atoms with van der Waals surface area (Å²) in [4.78, 5) is 22.7. The van der Waals surface area contributed by atoms with E-state index in [2.05, 4.69) is 61.5 Å². The number of hydrogen-bond acceptors (Lipinski definition) is 5. The van der Waals surface area contributed by atoms with Crippen molar-refractivity contribution in [1.29, 1.82) is 5.26 Å². The van der Waals surface area contributed by atoms with Crippen molar-refractivity contribution >= 4 is 23.7 Å². The molecule has 1 aliphatic rings. The summed E-state index contributed by atoms with van der Waals surface area (Å²) < 4.78 is 0. The first kappa shape index (κ1) is 24.2. The smallest absolute Gasteiger partial charge is 0.328 e. The van der Waals surface area contributed by atoms with Gasteiger partial charge in [0.05, 0.1) is 11.6 Å².